The first kappa shape index (κ1) is 9.89. The third-order valence-electron chi connectivity index (χ3n) is 2.19. The number of hydrogen-bond donors (Lipinski definition) is 0. The lowest BCUT2D eigenvalue weighted by atomic mass is 10.3. The molecule has 0 saturated heterocycles. The van der Waals surface area contributed by atoms with Gasteiger partial charge < -0.3 is 9.80 Å². The zero-order valence-electron chi connectivity index (χ0n) is 8.02. The fourth-order valence-corrected chi connectivity index (χ4v) is 1.49. The van der Waals surface area contributed by atoms with Gasteiger partial charge in [-0.2, -0.15) is 15.8 Å². The smallest absolute Gasteiger partial charge is 0.193 e. The summed E-state index contributed by atoms with van der Waals surface area (Å²) in [5.74, 6) is 0. The Balaban J connectivity index is 3.21. The van der Waals surface area contributed by atoms with Crippen molar-refractivity contribution >= 4 is 0 Å². The van der Waals surface area contributed by atoms with Crippen LogP contribution in [0.4, 0.5) is 0 Å². The maximum Gasteiger partial charge on any atom is 0.193 e. The molecule has 0 saturated carbocycles. The second kappa shape index (κ2) is 3.68. The maximum absolute atomic E-state index is 8.89. The first-order valence-corrected chi connectivity index (χ1v) is 4.14. The highest BCUT2D eigenvalue weighted by Crippen LogP contribution is 2.26. The van der Waals surface area contributed by atoms with Gasteiger partial charge in [0.1, 0.15) is 18.2 Å². The Morgan fingerprint density at radius 1 is 1.21 bits per heavy atom. The molecule has 0 aromatic carbocycles. The molecule has 0 spiro atoms. The van der Waals surface area contributed by atoms with Gasteiger partial charge in [-0.25, -0.2) is 0 Å². The van der Waals surface area contributed by atoms with Gasteiger partial charge in [0.2, 0.25) is 0 Å². The van der Waals surface area contributed by atoms with E-state index in [0.717, 1.165) is 0 Å². The van der Waals surface area contributed by atoms with Crippen LogP contribution in [-0.2, 0) is 0 Å². The van der Waals surface area contributed by atoms with Crippen LogP contribution in [0.1, 0.15) is 6.92 Å². The second-order valence-corrected chi connectivity index (χ2v) is 2.82. The van der Waals surface area contributed by atoms with Gasteiger partial charge in [-0.1, -0.05) is 0 Å². The van der Waals surface area contributed by atoms with E-state index in [1.54, 1.807) is 11.9 Å². The minimum atomic E-state index is -0.538. The van der Waals surface area contributed by atoms with E-state index in [2.05, 4.69) is 6.07 Å². The fourth-order valence-electron chi connectivity index (χ4n) is 1.49. The Hall–Kier alpha value is -2.19. The van der Waals surface area contributed by atoms with Crippen molar-refractivity contribution in [3.63, 3.8) is 0 Å². The van der Waals surface area contributed by atoms with Gasteiger partial charge in [0.15, 0.2) is 17.6 Å². The Bertz CT molecular complexity index is 389. The summed E-state index contributed by atoms with van der Waals surface area (Å²) in [6.45, 7) is 2.38. The molecule has 1 unspecified atom stereocenters. The standard InChI is InChI=1S/C9H9N5/c1-3-14-8(5-11)7(4-10)13(2)9(14)6-12/h9H,3H2,1-2H3. The summed E-state index contributed by atoms with van der Waals surface area (Å²) in [4.78, 5) is 3.13. The van der Waals surface area contributed by atoms with E-state index < -0.39 is 6.17 Å². The number of hydrogen-bond acceptors (Lipinski definition) is 5. The van der Waals surface area contributed by atoms with Crippen molar-refractivity contribution < 1.29 is 0 Å². The number of rotatable bonds is 1. The second-order valence-electron chi connectivity index (χ2n) is 2.82. The van der Waals surface area contributed by atoms with Crippen LogP contribution in [0.25, 0.3) is 0 Å². The first-order valence-electron chi connectivity index (χ1n) is 4.14. The van der Waals surface area contributed by atoms with Crippen molar-refractivity contribution in [1.29, 1.82) is 15.8 Å². The van der Waals surface area contributed by atoms with Crippen LogP contribution in [0.5, 0.6) is 0 Å². The summed E-state index contributed by atoms with van der Waals surface area (Å²) >= 11 is 0. The topological polar surface area (TPSA) is 77.8 Å². The van der Waals surface area contributed by atoms with E-state index in [-0.39, 0.29) is 11.4 Å². The fraction of sp³-hybridized carbons (Fsp3) is 0.444. The molecule has 1 aliphatic heterocycles. The minimum Gasteiger partial charge on any atom is -0.331 e. The molecule has 1 rings (SSSR count). The first-order chi connectivity index (χ1) is 6.71. The van der Waals surface area contributed by atoms with Crippen LogP contribution in [0.3, 0.4) is 0 Å². The minimum absolute atomic E-state index is 0.265. The van der Waals surface area contributed by atoms with Crippen LogP contribution >= 0.6 is 0 Å². The monoisotopic (exact) mass is 187 g/mol. The number of nitriles is 3. The molecule has 1 aliphatic rings. The van der Waals surface area contributed by atoms with Crippen LogP contribution < -0.4 is 0 Å². The summed E-state index contributed by atoms with van der Waals surface area (Å²) < 4.78 is 0. The maximum atomic E-state index is 8.89. The molecule has 0 radical (unpaired) electrons. The molecule has 0 aliphatic carbocycles. The van der Waals surface area contributed by atoms with Gasteiger partial charge in [0.05, 0.1) is 0 Å². The van der Waals surface area contributed by atoms with Crippen molar-refractivity contribution in [2.75, 3.05) is 13.6 Å². The third-order valence-corrected chi connectivity index (χ3v) is 2.19. The highest BCUT2D eigenvalue weighted by atomic mass is 15.4. The molecule has 5 nitrogen and oxygen atoms in total. The zero-order valence-corrected chi connectivity index (χ0v) is 8.02. The van der Waals surface area contributed by atoms with Gasteiger partial charge in [0.25, 0.3) is 0 Å². The SMILES string of the molecule is CCN1C(C#N)=C(C#N)N(C)C1C#N. The normalized spacial score (nSPS) is 20.4. The molecule has 14 heavy (non-hydrogen) atoms. The summed E-state index contributed by atoms with van der Waals surface area (Å²) in [6.07, 6.45) is -0.538. The van der Waals surface area contributed by atoms with Gasteiger partial charge in [-0.15, -0.1) is 0 Å². The van der Waals surface area contributed by atoms with Gasteiger partial charge in [-0.05, 0) is 6.92 Å². The van der Waals surface area contributed by atoms with Gasteiger partial charge in [-0.3, -0.25) is 0 Å². The highest BCUT2D eigenvalue weighted by molar-refractivity contribution is 5.40. The van der Waals surface area contributed by atoms with Crippen LogP contribution in [0.2, 0.25) is 0 Å². The Morgan fingerprint density at radius 3 is 2.14 bits per heavy atom. The Kier molecular flexibility index (Phi) is 2.60. The lowest BCUT2D eigenvalue weighted by molar-refractivity contribution is 0.227. The summed E-state index contributed by atoms with van der Waals surface area (Å²) in [5, 5.41) is 26.6. The van der Waals surface area contributed by atoms with E-state index in [1.807, 2.05) is 19.1 Å². The summed E-state index contributed by atoms with van der Waals surface area (Å²) in [5.41, 5.74) is 0.546. The van der Waals surface area contributed by atoms with Crippen LogP contribution in [0, 0.1) is 34.0 Å². The molecule has 0 amide bonds. The molecule has 1 heterocycles. The van der Waals surface area contributed by atoms with Crippen molar-refractivity contribution in [3.8, 4) is 18.2 Å². The average molecular weight is 187 g/mol. The lowest BCUT2D eigenvalue weighted by Gasteiger charge is -2.23. The number of allylic oxidation sites excluding steroid dienone is 2. The molecule has 1 atom stereocenters. The molecule has 5 heteroatoms. The largest absolute Gasteiger partial charge is 0.331 e. The van der Waals surface area contributed by atoms with E-state index in [0.29, 0.717) is 6.54 Å². The van der Waals surface area contributed by atoms with Crippen molar-refractivity contribution in [1.82, 2.24) is 9.80 Å². The van der Waals surface area contributed by atoms with Gasteiger partial charge >= 0.3 is 0 Å². The highest BCUT2D eigenvalue weighted by Gasteiger charge is 2.35. The molecule has 0 fully saturated rings. The quantitative estimate of drug-likeness (QED) is 0.592. The molecule has 70 valence electrons. The average Bonchev–Trinajstić information content (AvgIpc) is 2.48. The predicted molar refractivity (Wildman–Crippen MR) is 47.8 cm³/mol. The predicted octanol–water partition coefficient (Wildman–Crippen LogP) is 0.362. The Morgan fingerprint density at radius 2 is 1.79 bits per heavy atom. The van der Waals surface area contributed by atoms with Crippen molar-refractivity contribution in [3.05, 3.63) is 11.4 Å². The zero-order chi connectivity index (χ0) is 10.7. The van der Waals surface area contributed by atoms with E-state index in [9.17, 15) is 0 Å². The summed E-state index contributed by atoms with van der Waals surface area (Å²) in [6, 6.07) is 5.94. The van der Waals surface area contributed by atoms with E-state index in [1.165, 1.54) is 4.90 Å². The molecule has 0 bridgehead atoms. The van der Waals surface area contributed by atoms with Crippen molar-refractivity contribution in [2.24, 2.45) is 0 Å². The van der Waals surface area contributed by atoms with E-state index >= 15 is 0 Å². The van der Waals surface area contributed by atoms with Crippen LogP contribution in [-0.4, -0.2) is 29.6 Å². The van der Waals surface area contributed by atoms with Crippen LogP contribution in [0.15, 0.2) is 11.4 Å². The molecule has 0 N–H and O–H groups in total. The van der Waals surface area contributed by atoms with Gasteiger partial charge in [0, 0.05) is 13.6 Å². The van der Waals surface area contributed by atoms with E-state index in [4.69, 9.17) is 15.8 Å². The molecular weight excluding hydrogens is 178 g/mol. The molecular formula is C9H9N5. The van der Waals surface area contributed by atoms with Crippen molar-refractivity contribution in [2.45, 2.75) is 13.1 Å². The molecule has 0 aromatic heterocycles. The lowest BCUT2D eigenvalue weighted by Crippen LogP contribution is -2.36. The number of nitrogens with zero attached hydrogens (tertiary/aromatic N) is 5. The molecule has 0 aromatic rings. The summed E-state index contributed by atoms with van der Waals surface area (Å²) in [7, 11) is 1.64. The Labute approximate surface area is 82.7 Å². The third kappa shape index (κ3) is 1.14.